The molecule has 0 saturated heterocycles. The second-order valence-corrected chi connectivity index (χ2v) is 3.96. The summed E-state index contributed by atoms with van der Waals surface area (Å²) < 4.78 is 30.2. The summed E-state index contributed by atoms with van der Waals surface area (Å²) in [5.41, 5.74) is -0.0859. The van der Waals surface area contributed by atoms with Gasteiger partial charge in [0.2, 0.25) is 0 Å². The molecule has 0 aliphatic rings. The van der Waals surface area contributed by atoms with Gasteiger partial charge in [0, 0.05) is 16.0 Å². The van der Waals surface area contributed by atoms with Crippen LogP contribution >= 0.6 is 11.6 Å². The largest absolute Gasteiger partial charge is 0.478 e. The number of halogens is 3. The molecular formula is C11H7ClF2O3. The highest BCUT2D eigenvalue weighted by Gasteiger charge is 2.23. The number of carbonyl (C=O) groups is 1. The Balaban J connectivity index is 2.86. The highest BCUT2D eigenvalue weighted by molar-refractivity contribution is 6.32. The molecule has 1 aromatic heterocycles. The van der Waals surface area contributed by atoms with Gasteiger partial charge in [-0.25, -0.2) is 13.6 Å². The van der Waals surface area contributed by atoms with E-state index < -0.39 is 18.2 Å². The monoisotopic (exact) mass is 260 g/mol. The molecule has 1 N–H and O–H groups in total. The van der Waals surface area contributed by atoms with Crippen molar-refractivity contribution in [3.05, 3.63) is 34.0 Å². The van der Waals surface area contributed by atoms with E-state index >= 15 is 0 Å². The van der Waals surface area contributed by atoms with Crippen LogP contribution in [0, 0.1) is 6.92 Å². The van der Waals surface area contributed by atoms with Crippen molar-refractivity contribution in [2.45, 2.75) is 13.3 Å². The fourth-order valence-electron chi connectivity index (χ4n) is 1.67. The number of carboxylic acid groups (broad SMARTS) is 1. The minimum atomic E-state index is -2.79. The maximum Gasteiger partial charge on any atom is 0.339 e. The first kappa shape index (κ1) is 11.9. The van der Waals surface area contributed by atoms with E-state index in [4.69, 9.17) is 21.1 Å². The molecule has 0 amide bonds. The van der Waals surface area contributed by atoms with Gasteiger partial charge in [-0.1, -0.05) is 11.6 Å². The molecule has 0 bridgehead atoms. The average molecular weight is 261 g/mol. The molecule has 1 heterocycles. The van der Waals surface area contributed by atoms with E-state index in [1.165, 1.54) is 19.1 Å². The van der Waals surface area contributed by atoms with E-state index in [-0.39, 0.29) is 21.7 Å². The lowest BCUT2D eigenvalue weighted by molar-refractivity contribution is 0.0696. The average Bonchev–Trinajstić information content (AvgIpc) is 2.55. The van der Waals surface area contributed by atoms with Gasteiger partial charge < -0.3 is 9.52 Å². The molecular weight excluding hydrogens is 254 g/mol. The van der Waals surface area contributed by atoms with Crippen LogP contribution in [-0.2, 0) is 0 Å². The van der Waals surface area contributed by atoms with Crippen LogP contribution in [0.3, 0.4) is 0 Å². The lowest BCUT2D eigenvalue weighted by Gasteiger charge is -1.97. The van der Waals surface area contributed by atoms with Crippen molar-refractivity contribution in [3.8, 4) is 0 Å². The van der Waals surface area contributed by atoms with E-state index in [0.29, 0.717) is 5.39 Å². The molecule has 3 nitrogen and oxygen atoms in total. The zero-order valence-electron chi connectivity index (χ0n) is 8.63. The van der Waals surface area contributed by atoms with Crippen molar-refractivity contribution in [2.24, 2.45) is 0 Å². The molecule has 17 heavy (non-hydrogen) atoms. The van der Waals surface area contributed by atoms with Gasteiger partial charge in [-0.2, -0.15) is 0 Å². The van der Waals surface area contributed by atoms with Crippen molar-refractivity contribution >= 4 is 28.5 Å². The third-order valence-corrected chi connectivity index (χ3v) is 2.69. The highest BCUT2D eigenvalue weighted by Crippen LogP contribution is 2.35. The smallest absolute Gasteiger partial charge is 0.339 e. The van der Waals surface area contributed by atoms with Crippen molar-refractivity contribution < 1.29 is 23.1 Å². The topological polar surface area (TPSA) is 50.4 Å². The summed E-state index contributed by atoms with van der Waals surface area (Å²) in [6.07, 6.45) is -2.79. The molecule has 0 spiro atoms. The Kier molecular flexibility index (Phi) is 2.79. The summed E-state index contributed by atoms with van der Waals surface area (Å²) in [5.74, 6) is -1.79. The predicted molar refractivity (Wildman–Crippen MR) is 57.9 cm³/mol. The van der Waals surface area contributed by atoms with E-state index in [0.717, 1.165) is 0 Å². The Morgan fingerprint density at radius 1 is 1.47 bits per heavy atom. The van der Waals surface area contributed by atoms with Gasteiger partial charge in [0.15, 0.2) is 5.76 Å². The Labute approximate surface area is 99.6 Å². The number of aromatic carboxylic acids is 1. The fourth-order valence-corrected chi connectivity index (χ4v) is 1.89. The van der Waals surface area contributed by atoms with E-state index in [1.807, 2.05) is 0 Å². The van der Waals surface area contributed by atoms with Crippen LogP contribution in [0.25, 0.3) is 11.0 Å². The number of benzene rings is 1. The van der Waals surface area contributed by atoms with E-state index in [9.17, 15) is 13.6 Å². The van der Waals surface area contributed by atoms with Crippen LogP contribution in [0.4, 0.5) is 8.78 Å². The summed E-state index contributed by atoms with van der Waals surface area (Å²) in [7, 11) is 0. The first-order valence-corrected chi connectivity index (χ1v) is 5.03. The van der Waals surface area contributed by atoms with Gasteiger partial charge in [0.05, 0.1) is 0 Å². The van der Waals surface area contributed by atoms with Crippen LogP contribution in [0.1, 0.15) is 28.1 Å². The van der Waals surface area contributed by atoms with Crippen LogP contribution < -0.4 is 0 Å². The van der Waals surface area contributed by atoms with Gasteiger partial charge in [-0.15, -0.1) is 0 Å². The second kappa shape index (κ2) is 4.00. The highest BCUT2D eigenvalue weighted by atomic mass is 35.5. The van der Waals surface area contributed by atoms with Crippen molar-refractivity contribution in [2.75, 3.05) is 0 Å². The van der Waals surface area contributed by atoms with Crippen molar-refractivity contribution in [1.29, 1.82) is 0 Å². The first-order chi connectivity index (χ1) is 7.91. The van der Waals surface area contributed by atoms with Gasteiger partial charge >= 0.3 is 5.97 Å². The molecule has 0 aliphatic heterocycles. The molecule has 0 fully saturated rings. The van der Waals surface area contributed by atoms with Gasteiger partial charge in [-0.3, -0.25) is 0 Å². The molecule has 90 valence electrons. The van der Waals surface area contributed by atoms with Crippen molar-refractivity contribution in [3.63, 3.8) is 0 Å². The third kappa shape index (κ3) is 1.86. The third-order valence-electron chi connectivity index (χ3n) is 2.47. The molecule has 6 heteroatoms. The number of furan rings is 1. The van der Waals surface area contributed by atoms with Crippen LogP contribution in [-0.4, -0.2) is 11.1 Å². The van der Waals surface area contributed by atoms with Gasteiger partial charge in [0.25, 0.3) is 6.43 Å². The maximum absolute atomic E-state index is 12.6. The Morgan fingerprint density at radius 2 is 2.12 bits per heavy atom. The predicted octanol–water partition coefficient (Wildman–Crippen LogP) is 4.03. The maximum atomic E-state index is 12.6. The number of fused-ring (bicyclic) bond motifs is 1. The van der Waals surface area contributed by atoms with E-state index in [2.05, 4.69) is 0 Å². The normalized spacial score (nSPS) is 11.4. The minimum Gasteiger partial charge on any atom is -0.478 e. The number of hydrogen-bond acceptors (Lipinski definition) is 2. The van der Waals surface area contributed by atoms with Crippen LogP contribution in [0.5, 0.6) is 0 Å². The summed E-state index contributed by atoms with van der Waals surface area (Å²) in [4.78, 5) is 11.0. The lowest BCUT2D eigenvalue weighted by atomic mass is 10.1. The molecule has 2 aromatic rings. The Hall–Kier alpha value is -1.62. The van der Waals surface area contributed by atoms with Crippen LogP contribution in [0.2, 0.25) is 5.02 Å². The standard InChI is InChI=1S/C11H7ClF2O3/c1-4-6-2-5(12)3-7(11(15)16)9(6)17-8(4)10(13)14/h2-3,10H,1H3,(H,15,16). The molecule has 2 rings (SSSR count). The molecule has 0 radical (unpaired) electrons. The van der Waals surface area contributed by atoms with Crippen molar-refractivity contribution in [1.82, 2.24) is 0 Å². The Bertz CT molecular complexity index is 604. The summed E-state index contributed by atoms with van der Waals surface area (Å²) in [6, 6.07) is 2.58. The molecule has 0 saturated carbocycles. The number of rotatable bonds is 2. The molecule has 0 unspecified atom stereocenters. The summed E-state index contributed by atoms with van der Waals surface area (Å²) >= 11 is 5.74. The second-order valence-electron chi connectivity index (χ2n) is 3.53. The minimum absolute atomic E-state index is 0.0744. The number of hydrogen-bond donors (Lipinski definition) is 1. The summed E-state index contributed by atoms with van der Waals surface area (Å²) in [5, 5.41) is 9.40. The number of carboxylic acids is 1. The fraction of sp³-hybridized carbons (Fsp3) is 0.182. The number of aryl methyl sites for hydroxylation is 1. The Morgan fingerprint density at radius 3 is 2.65 bits per heavy atom. The molecule has 1 aromatic carbocycles. The lowest BCUT2D eigenvalue weighted by Crippen LogP contribution is -1.96. The SMILES string of the molecule is Cc1c(C(F)F)oc2c(C(=O)O)cc(Cl)cc12. The zero-order valence-corrected chi connectivity index (χ0v) is 9.39. The quantitative estimate of drug-likeness (QED) is 0.887. The van der Waals surface area contributed by atoms with Gasteiger partial charge in [-0.05, 0) is 19.1 Å². The van der Waals surface area contributed by atoms with E-state index in [1.54, 1.807) is 0 Å². The molecule has 0 aliphatic carbocycles. The van der Waals surface area contributed by atoms with Crippen LogP contribution in [0.15, 0.2) is 16.5 Å². The zero-order chi connectivity index (χ0) is 12.7. The summed E-state index contributed by atoms with van der Waals surface area (Å²) in [6.45, 7) is 1.44. The first-order valence-electron chi connectivity index (χ1n) is 4.65. The molecule has 0 atom stereocenters. The number of alkyl halides is 2. The van der Waals surface area contributed by atoms with Gasteiger partial charge in [0.1, 0.15) is 11.1 Å².